The maximum absolute atomic E-state index is 14.3. The van der Waals surface area contributed by atoms with E-state index in [9.17, 15) is 9.18 Å². The van der Waals surface area contributed by atoms with Crippen LogP contribution in [0.1, 0.15) is 10.9 Å². The maximum Gasteiger partial charge on any atom is 0.240 e. The van der Waals surface area contributed by atoms with Gasteiger partial charge in [-0.1, -0.05) is 40.6 Å². The number of thiazole rings is 1. The Morgan fingerprint density at radius 1 is 1.25 bits per heavy atom. The molecule has 122 valence electrons. The zero-order chi connectivity index (χ0) is 16.8. The summed E-state index contributed by atoms with van der Waals surface area (Å²) in [7, 11) is 0. The summed E-state index contributed by atoms with van der Waals surface area (Å²) in [5.74, 6) is -0.287. The van der Waals surface area contributed by atoms with E-state index >= 15 is 0 Å². The fraction of sp³-hybridized carbons (Fsp3) is 0.125. The smallest absolute Gasteiger partial charge is 0.240 e. The number of hydrogen-bond donors (Lipinski definition) is 0. The molecule has 4 rings (SSSR count). The molecule has 0 radical (unpaired) electrons. The van der Waals surface area contributed by atoms with Crippen LogP contribution in [0.2, 0.25) is 10.0 Å². The van der Waals surface area contributed by atoms with Gasteiger partial charge in [0.05, 0.1) is 16.0 Å². The topological polar surface area (TPSA) is 33.2 Å². The van der Waals surface area contributed by atoms with Crippen LogP contribution < -0.4 is 4.90 Å². The van der Waals surface area contributed by atoms with Gasteiger partial charge in [-0.2, -0.15) is 0 Å². The fourth-order valence-electron chi connectivity index (χ4n) is 2.58. The fourth-order valence-corrected chi connectivity index (χ4v) is 5.48. The van der Waals surface area contributed by atoms with Crippen molar-refractivity contribution in [2.45, 2.75) is 5.37 Å². The Hall–Kier alpha value is -1.34. The largest absolute Gasteiger partial charge is 0.273 e. The van der Waals surface area contributed by atoms with Crippen molar-refractivity contribution in [3.63, 3.8) is 0 Å². The highest BCUT2D eigenvalue weighted by Gasteiger charge is 2.38. The SMILES string of the molecule is O=C1CSC(c2c(F)cccc2Cl)N1c1nc2ccc(Cl)cc2s1. The molecule has 0 aliphatic carbocycles. The molecule has 1 aliphatic rings. The number of carbonyl (C=O) groups excluding carboxylic acids is 1. The van der Waals surface area contributed by atoms with Crippen molar-refractivity contribution >= 4 is 67.6 Å². The first-order valence-electron chi connectivity index (χ1n) is 6.98. The van der Waals surface area contributed by atoms with Gasteiger partial charge >= 0.3 is 0 Å². The van der Waals surface area contributed by atoms with E-state index in [1.165, 1.54) is 34.1 Å². The van der Waals surface area contributed by atoms with Gasteiger partial charge in [0.15, 0.2) is 5.13 Å². The molecule has 1 aromatic heterocycles. The number of thioether (sulfide) groups is 1. The third-order valence-corrected chi connectivity index (χ3v) is 6.42. The molecule has 2 aromatic carbocycles. The third-order valence-electron chi connectivity index (χ3n) is 3.66. The molecule has 1 amide bonds. The Morgan fingerprint density at radius 2 is 2.08 bits per heavy atom. The molecule has 3 aromatic rings. The van der Waals surface area contributed by atoms with Gasteiger partial charge in [-0.05, 0) is 30.3 Å². The van der Waals surface area contributed by atoms with Gasteiger partial charge in [0.2, 0.25) is 5.91 Å². The predicted octanol–water partition coefficient (Wildman–Crippen LogP) is 5.52. The van der Waals surface area contributed by atoms with E-state index in [4.69, 9.17) is 23.2 Å². The molecule has 0 bridgehead atoms. The van der Waals surface area contributed by atoms with E-state index in [0.29, 0.717) is 20.7 Å². The van der Waals surface area contributed by atoms with Gasteiger partial charge < -0.3 is 0 Å². The van der Waals surface area contributed by atoms with Crippen LogP contribution in [-0.4, -0.2) is 16.6 Å². The second-order valence-electron chi connectivity index (χ2n) is 5.17. The lowest BCUT2D eigenvalue weighted by Gasteiger charge is -2.22. The molecule has 0 saturated carbocycles. The summed E-state index contributed by atoms with van der Waals surface area (Å²) in [5.41, 5.74) is 1.06. The van der Waals surface area contributed by atoms with Gasteiger partial charge in [-0.3, -0.25) is 9.69 Å². The summed E-state index contributed by atoms with van der Waals surface area (Å²) in [6, 6.07) is 9.87. The van der Waals surface area contributed by atoms with E-state index in [1.807, 2.05) is 0 Å². The molecule has 8 heteroatoms. The minimum atomic E-state index is -0.526. The normalized spacial score (nSPS) is 17.9. The van der Waals surface area contributed by atoms with Crippen LogP contribution in [-0.2, 0) is 4.79 Å². The third kappa shape index (κ3) is 2.67. The number of amides is 1. The molecule has 24 heavy (non-hydrogen) atoms. The lowest BCUT2D eigenvalue weighted by Crippen LogP contribution is -2.28. The van der Waals surface area contributed by atoms with Crippen molar-refractivity contribution < 1.29 is 9.18 Å². The Kier molecular flexibility index (Phi) is 4.16. The van der Waals surface area contributed by atoms with Gasteiger partial charge in [-0.15, -0.1) is 11.8 Å². The Bertz CT molecular complexity index is 942. The zero-order valence-electron chi connectivity index (χ0n) is 12.0. The molecular weight excluding hydrogens is 390 g/mol. The van der Waals surface area contributed by atoms with E-state index in [1.54, 1.807) is 30.3 Å². The quantitative estimate of drug-likeness (QED) is 0.569. The summed E-state index contributed by atoms with van der Waals surface area (Å²) in [6.45, 7) is 0. The molecule has 1 unspecified atom stereocenters. The Labute approximate surface area is 155 Å². The standard InChI is InChI=1S/C16H9Cl2FN2OS2/c17-8-4-5-11-12(6-8)24-16(20-11)21-13(22)7-23-15(21)14-9(18)2-1-3-10(14)19/h1-6,15H,7H2. The molecule has 0 N–H and O–H groups in total. The molecule has 3 nitrogen and oxygen atoms in total. The highest BCUT2D eigenvalue weighted by Crippen LogP contribution is 2.46. The molecule has 1 saturated heterocycles. The van der Waals surface area contributed by atoms with Crippen LogP contribution in [0.3, 0.4) is 0 Å². The second kappa shape index (κ2) is 6.19. The van der Waals surface area contributed by atoms with Crippen LogP contribution >= 0.6 is 46.3 Å². The van der Waals surface area contributed by atoms with Crippen molar-refractivity contribution in [1.29, 1.82) is 0 Å². The van der Waals surface area contributed by atoms with Crippen LogP contribution in [0.5, 0.6) is 0 Å². The Morgan fingerprint density at radius 3 is 2.88 bits per heavy atom. The van der Waals surface area contributed by atoms with E-state index in [-0.39, 0.29) is 11.7 Å². The van der Waals surface area contributed by atoms with E-state index in [0.717, 1.165) is 10.2 Å². The number of carbonyl (C=O) groups is 1. The number of fused-ring (bicyclic) bond motifs is 1. The van der Waals surface area contributed by atoms with Crippen molar-refractivity contribution in [2.24, 2.45) is 0 Å². The van der Waals surface area contributed by atoms with Crippen LogP contribution in [0.15, 0.2) is 36.4 Å². The number of anilines is 1. The summed E-state index contributed by atoms with van der Waals surface area (Å²) in [5, 5.41) is 0.902. The maximum atomic E-state index is 14.3. The van der Waals surface area contributed by atoms with E-state index < -0.39 is 11.2 Å². The Balaban J connectivity index is 1.83. The highest BCUT2D eigenvalue weighted by molar-refractivity contribution is 8.00. The van der Waals surface area contributed by atoms with Crippen LogP contribution in [0.25, 0.3) is 10.2 Å². The van der Waals surface area contributed by atoms with E-state index in [2.05, 4.69) is 4.98 Å². The lowest BCUT2D eigenvalue weighted by atomic mass is 10.2. The number of benzene rings is 2. The highest BCUT2D eigenvalue weighted by atomic mass is 35.5. The molecular formula is C16H9Cl2FN2OS2. The van der Waals surface area contributed by atoms with Gasteiger partial charge in [-0.25, -0.2) is 9.37 Å². The van der Waals surface area contributed by atoms with Crippen LogP contribution in [0.4, 0.5) is 9.52 Å². The average molecular weight is 399 g/mol. The summed E-state index contributed by atoms with van der Waals surface area (Å²) in [4.78, 5) is 18.4. The minimum absolute atomic E-state index is 0.116. The second-order valence-corrected chi connectivity index (χ2v) is 8.09. The molecule has 1 atom stereocenters. The molecule has 0 spiro atoms. The lowest BCUT2D eigenvalue weighted by molar-refractivity contribution is -0.115. The number of nitrogens with zero attached hydrogens (tertiary/aromatic N) is 2. The van der Waals surface area contributed by atoms with Gasteiger partial charge in [0.1, 0.15) is 11.2 Å². The summed E-state index contributed by atoms with van der Waals surface area (Å²) < 4.78 is 15.2. The number of halogens is 3. The number of aromatic nitrogens is 1. The van der Waals surface area contributed by atoms with Crippen molar-refractivity contribution in [3.8, 4) is 0 Å². The molecule has 1 aliphatic heterocycles. The van der Waals surface area contributed by atoms with Crippen molar-refractivity contribution in [3.05, 3.63) is 57.8 Å². The van der Waals surface area contributed by atoms with Crippen molar-refractivity contribution in [2.75, 3.05) is 10.7 Å². The molecule has 2 heterocycles. The average Bonchev–Trinajstić information content (AvgIpc) is 3.10. The first-order chi connectivity index (χ1) is 11.5. The van der Waals surface area contributed by atoms with Gasteiger partial charge in [0.25, 0.3) is 0 Å². The zero-order valence-corrected chi connectivity index (χ0v) is 15.1. The number of hydrogen-bond acceptors (Lipinski definition) is 4. The molecule has 1 fully saturated rings. The summed E-state index contributed by atoms with van der Waals surface area (Å²) >= 11 is 14.9. The minimum Gasteiger partial charge on any atom is -0.273 e. The van der Waals surface area contributed by atoms with Crippen molar-refractivity contribution in [1.82, 2.24) is 4.98 Å². The first kappa shape index (κ1) is 16.1. The van der Waals surface area contributed by atoms with Crippen LogP contribution in [0, 0.1) is 5.82 Å². The number of rotatable bonds is 2. The summed E-state index contributed by atoms with van der Waals surface area (Å²) in [6.07, 6.45) is 0. The van der Waals surface area contributed by atoms with Gasteiger partial charge in [0, 0.05) is 15.6 Å². The first-order valence-corrected chi connectivity index (χ1v) is 9.60. The predicted molar refractivity (Wildman–Crippen MR) is 98.7 cm³/mol. The monoisotopic (exact) mass is 398 g/mol.